The van der Waals surface area contributed by atoms with E-state index in [1.807, 2.05) is 24.3 Å². The van der Waals surface area contributed by atoms with Crippen molar-refractivity contribution >= 4 is 28.9 Å². The number of hydrogen-bond acceptors (Lipinski definition) is 4. The minimum Gasteiger partial charge on any atom is -0.497 e. The van der Waals surface area contributed by atoms with E-state index in [0.29, 0.717) is 35.8 Å². The molecule has 2 aromatic rings. The van der Waals surface area contributed by atoms with Gasteiger partial charge in [0.2, 0.25) is 5.91 Å². The molecule has 2 aromatic carbocycles. The van der Waals surface area contributed by atoms with Gasteiger partial charge in [0, 0.05) is 12.1 Å². The third-order valence-electron chi connectivity index (χ3n) is 3.16. The zero-order chi connectivity index (χ0) is 16.7. The lowest BCUT2D eigenvalue weighted by atomic mass is 10.2. The number of carbonyl (C=O) groups excluding carboxylic acids is 1. The zero-order valence-corrected chi connectivity index (χ0v) is 13.6. The maximum Gasteiger partial charge on any atom is 0.224 e. The number of nitrogen functional groups attached to an aromatic ring is 1. The Labute approximate surface area is 140 Å². The number of rotatable bonds is 7. The molecular formula is C17H19ClN2O3. The summed E-state index contributed by atoms with van der Waals surface area (Å²) in [5, 5.41) is 3.24. The number of nitrogens with two attached hydrogens (primary N) is 1. The fraction of sp³-hybridized carbons (Fsp3) is 0.235. The average Bonchev–Trinajstić information content (AvgIpc) is 2.55. The van der Waals surface area contributed by atoms with Crippen molar-refractivity contribution in [2.24, 2.45) is 0 Å². The molecular weight excluding hydrogens is 316 g/mol. The highest BCUT2D eigenvalue weighted by Crippen LogP contribution is 2.22. The van der Waals surface area contributed by atoms with Crippen LogP contribution >= 0.6 is 11.6 Å². The molecule has 122 valence electrons. The summed E-state index contributed by atoms with van der Waals surface area (Å²) in [5.41, 5.74) is 6.76. The van der Waals surface area contributed by atoms with E-state index in [1.165, 1.54) is 0 Å². The van der Waals surface area contributed by atoms with Crippen LogP contribution in [0.15, 0.2) is 42.5 Å². The third-order valence-corrected chi connectivity index (χ3v) is 3.50. The summed E-state index contributed by atoms with van der Waals surface area (Å²) in [7, 11) is 1.61. The van der Waals surface area contributed by atoms with Gasteiger partial charge in [0.15, 0.2) is 0 Å². The molecule has 23 heavy (non-hydrogen) atoms. The van der Waals surface area contributed by atoms with Crippen LogP contribution in [-0.2, 0) is 4.79 Å². The Bertz CT molecular complexity index is 659. The minimum absolute atomic E-state index is 0.0925. The zero-order valence-electron chi connectivity index (χ0n) is 12.8. The Morgan fingerprint density at radius 3 is 2.52 bits per heavy atom. The fourth-order valence-corrected chi connectivity index (χ4v) is 2.06. The minimum atomic E-state index is -0.0925. The number of anilines is 2. The van der Waals surface area contributed by atoms with E-state index in [4.69, 9.17) is 26.8 Å². The van der Waals surface area contributed by atoms with Gasteiger partial charge >= 0.3 is 0 Å². The van der Waals surface area contributed by atoms with Crippen LogP contribution in [0.5, 0.6) is 11.5 Å². The monoisotopic (exact) mass is 334 g/mol. The quantitative estimate of drug-likeness (QED) is 0.597. The Balaban J connectivity index is 1.70. The Morgan fingerprint density at radius 1 is 1.17 bits per heavy atom. The topological polar surface area (TPSA) is 73.6 Å². The van der Waals surface area contributed by atoms with Crippen molar-refractivity contribution in [3.8, 4) is 11.5 Å². The Morgan fingerprint density at radius 2 is 1.87 bits per heavy atom. The first-order valence-corrected chi connectivity index (χ1v) is 7.58. The van der Waals surface area contributed by atoms with Gasteiger partial charge in [-0.1, -0.05) is 11.6 Å². The van der Waals surface area contributed by atoms with Crippen molar-refractivity contribution in [1.82, 2.24) is 0 Å². The molecule has 0 saturated carbocycles. The van der Waals surface area contributed by atoms with Crippen molar-refractivity contribution in [3.05, 3.63) is 47.5 Å². The molecule has 0 aromatic heterocycles. The fourth-order valence-electron chi connectivity index (χ4n) is 1.94. The SMILES string of the molecule is COc1ccc(OCCCC(=O)Nc2ccc(Cl)c(N)c2)cc1. The second kappa shape index (κ2) is 8.29. The number of nitrogens with one attached hydrogen (secondary N) is 1. The van der Waals surface area contributed by atoms with Crippen LogP contribution < -0.4 is 20.5 Å². The van der Waals surface area contributed by atoms with Crippen LogP contribution in [0.3, 0.4) is 0 Å². The number of halogens is 1. The number of methoxy groups -OCH3 is 1. The van der Waals surface area contributed by atoms with E-state index in [-0.39, 0.29) is 5.91 Å². The maximum absolute atomic E-state index is 11.8. The number of hydrogen-bond donors (Lipinski definition) is 2. The summed E-state index contributed by atoms with van der Waals surface area (Å²) in [6, 6.07) is 12.3. The summed E-state index contributed by atoms with van der Waals surface area (Å²) < 4.78 is 10.6. The normalized spacial score (nSPS) is 10.2. The number of ether oxygens (including phenoxy) is 2. The molecule has 2 rings (SSSR count). The van der Waals surface area contributed by atoms with Crippen molar-refractivity contribution in [1.29, 1.82) is 0 Å². The summed E-state index contributed by atoms with van der Waals surface area (Å²) >= 11 is 5.83. The van der Waals surface area contributed by atoms with E-state index in [2.05, 4.69) is 5.32 Å². The van der Waals surface area contributed by atoms with E-state index in [0.717, 1.165) is 11.5 Å². The molecule has 3 N–H and O–H groups in total. The molecule has 0 saturated heterocycles. The van der Waals surface area contributed by atoms with Crippen molar-refractivity contribution in [2.75, 3.05) is 24.8 Å². The summed E-state index contributed by atoms with van der Waals surface area (Å²) in [6.07, 6.45) is 0.972. The first kappa shape index (κ1) is 17.0. The molecule has 0 aliphatic rings. The van der Waals surface area contributed by atoms with E-state index >= 15 is 0 Å². The number of benzene rings is 2. The van der Waals surface area contributed by atoms with Crippen LogP contribution in [-0.4, -0.2) is 19.6 Å². The lowest BCUT2D eigenvalue weighted by Gasteiger charge is -2.08. The highest BCUT2D eigenvalue weighted by molar-refractivity contribution is 6.33. The Hall–Kier alpha value is -2.40. The van der Waals surface area contributed by atoms with Crippen LogP contribution in [0.4, 0.5) is 11.4 Å². The van der Waals surface area contributed by atoms with Crippen LogP contribution in [0, 0.1) is 0 Å². The molecule has 0 unspecified atom stereocenters. The van der Waals surface area contributed by atoms with Crippen LogP contribution in [0.25, 0.3) is 0 Å². The van der Waals surface area contributed by atoms with Gasteiger partial charge in [-0.3, -0.25) is 4.79 Å². The van der Waals surface area contributed by atoms with E-state index in [9.17, 15) is 4.79 Å². The summed E-state index contributed by atoms with van der Waals surface area (Å²) in [5.74, 6) is 1.43. The highest BCUT2D eigenvalue weighted by Gasteiger charge is 2.04. The van der Waals surface area contributed by atoms with E-state index in [1.54, 1.807) is 25.3 Å². The van der Waals surface area contributed by atoms with Crippen molar-refractivity contribution in [2.45, 2.75) is 12.8 Å². The molecule has 5 nitrogen and oxygen atoms in total. The lowest BCUT2D eigenvalue weighted by Crippen LogP contribution is -2.13. The summed E-state index contributed by atoms with van der Waals surface area (Å²) in [6.45, 7) is 0.461. The molecule has 0 bridgehead atoms. The van der Waals surface area contributed by atoms with Gasteiger partial charge in [-0.15, -0.1) is 0 Å². The number of carbonyl (C=O) groups is 1. The first-order chi connectivity index (χ1) is 11.1. The van der Waals surface area contributed by atoms with Gasteiger partial charge in [0.1, 0.15) is 11.5 Å². The standard InChI is InChI=1S/C17H19ClN2O3/c1-22-13-5-7-14(8-6-13)23-10-2-3-17(21)20-12-4-9-15(18)16(19)11-12/h4-9,11H,2-3,10,19H2,1H3,(H,20,21). The lowest BCUT2D eigenvalue weighted by molar-refractivity contribution is -0.116. The first-order valence-electron chi connectivity index (χ1n) is 7.20. The molecule has 0 aliphatic carbocycles. The third kappa shape index (κ3) is 5.38. The highest BCUT2D eigenvalue weighted by atomic mass is 35.5. The predicted molar refractivity (Wildman–Crippen MR) is 92.2 cm³/mol. The molecule has 0 spiro atoms. The van der Waals surface area contributed by atoms with Crippen molar-refractivity contribution in [3.63, 3.8) is 0 Å². The van der Waals surface area contributed by atoms with Gasteiger partial charge in [-0.2, -0.15) is 0 Å². The van der Waals surface area contributed by atoms with Gasteiger partial charge in [-0.05, 0) is 48.9 Å². The molecule has 0 heterocycles. The van der Waals surface area contributed by atoms with Crippen LogP contribution in [0.1, 0.15) is 12.8 Å². The van der Waals surface area contributed by atoms with Gasteiger partial charge in [0.05, 0.1) is 24.4 Å². The second-order valence-electron chi connectivity index (χ2n) is 4.91. The van der Waals surface area contributed by atoms with Crippen LogP contribution in [0.2, 0.25) is 5.02 Å². The Kier molecular flexibility index (Phi) is 6.11. The molecule has 6 heteroatoms. The average molecular weight is 335 g/mol. The van der Waals surface area contributed by atoms with Crippen molar-refractivity contribution < 1.29 is 14.3 Å². The van der Waals surface area contributed by atoms with Gasteiger partial charge in [-0.25, -0.2) is 0 Å². The number of amides is 1. The maximum atomic E-state index is 11.8. The molecule has 0 radical (unpaired) electrons. The molecule has 1 amide bonds. The summed E-state index contributed by atoms with van der Waals surface area (Å²) in [4.78, 5) is 11.8. The molecule has 0 aliphatic heterocycles. The van der Waals surface area contributed by atoms with Gasteiger partial charge < -0.3 is 20.5 Å². The predicted octanol–water partition coefficient (Wildman–Crippen LogP) is 3.73. The van der Waals surface area contributed by atoms with E-state index < -0.39 is 0 Å². The second-order valence-corrected chi connectivity index (χ2v) is 5.32. The molecule has 0 atom stereocenters. The van der Waals surface area contributed by atoms with Gasteiger partial charge in [0.25, 0.3) is 0 Å². The smallest absolute Gasteiger partial charge is 0.224 e. The molecule has 0 fully saturated rings. The largest absolute Gasteiger partial charge is 0.497 e.